The Morgan fingerprint density at radius 3 is 2.20 bits per heavy atom. The van der Waals surface area contributed by atoms with E-state index in [1.54, 1.807) is 23.1 Å². The van der Waals surface area contributed by atoms with Gasteiger partial charge in [0.05, 0.1) is 10.8 Å². The molecule has 0 unspecified atom stereocenters. The fourth-order valence-corrected chi connectivity index (χ4v) is 6.26. The second-order valence-electron chi connectivity index (χ2n) is 11.7. The molecule has 1 saturated heterocycles. The van der Waals surface area contributed by atoms with E-state index in [2.05, 4.69) is 30.1 Å². The van der Waals surface area contributed by atoms with Gasteiger partial charge in [0.15, 0.2) is 0 Å². The summed E-state index contributed by atoms with van der Waals surface area (Å²) in [5.41, 5.74) is 4.07. The van der Waals surface area contributed by atoms with Gasteiger partial charge in [0.25, 0.3) is 15.9 Å². The Hall–Kier alpha value is -4.11. The SMILES string of the molecule is CC(C)(C)c1ccc(S(=O)(=O)Nc2ccc3c(ccn3Cc3ccc(C(=O)N4CCC(C(=O)O)CC4)cc3)c2)cc1. The van der Waals surface area contributed by atoms with Gasteiger partial charge in [0, 0.05) is 48.0 Å². The molecule has 1 aromatic heterocycles. The van der Waals surface area contributed by atoms with Crippen molar-refractivity contribution in [1.29, 1.82) is 0 Å². The molecular formula is C32H35N3O5S. The molecule has 1 fully saturated rings. The largest absolute Gasteiger partial charge is 0.481 e. The van der Waals surface area contributed by atoms with Crippen LogP contribution in [0.3, 0.4) is 0 Å². The summed E-state index contributed by atoms with van der Waals surface area (Å²) in [6, 6.07) is 21.9. The Labute approximate surface area is 240 Å². The molecule has 0 radical (unpaired) electrons. The van der Waals surface area contributed by atoms with Crippen molar-refractivity contribution in [2.45, 2.75) is 50.5 Å². The highest BCUT2D eigenvalue weighted by atomic mass is 32.2. The minimum absolute atomic E-state index is 0.0599. The first kappa shape index (κ1) is 28.4. The Kier molecular flexibility index (Phi) is 7.66. The van der Waals surface area contributed by atoms with Crippen LogP contribution in [0.4, 0.5) is 5.69 Å². The predicted octanol–water partition coefficient (Wildman–Crippen LogP) is 5.72. The van der Waals surface area contributed by atoms with E-state index in [4.69, 9.17) is 0 Å². The molecule has 0 bridgehead atoms. The molecule has 214 valence electrons. The lowest BCUT2D eigenvalue weighted by atomic mass is 9.87. The lowest BCUT2D eigenvalue weighted by Gasteiger charge is -2.30. The molecule has 1 aliphatic rings. The highest BCUT2D eigenvalue weighted by Gasteiger charge is 2.27. The first-order valence-electron chi connectivity index (χ1n) is 13.7. The molecule has 0 aliphatic carbocycles. The molecule has 4 aromatic rings. The molecule has 0 spiro atoms. The van der Waals surface area contributed by atoms with Gasteiger partial charge in [-0.15, -0.1) is 0 Å². The summed E-state index contributed by atoms with van der Waals surface area (Å²) in [6.45, 7) is 7.76. The van der Waals surface area contributed by atoms with E-state index < -0.39 is 16.0 Å². The second kappa shape index (κ2) is 11.0. The normalized spacial score (nSPS) is 14.8. The number of anilines is 1. The maximum Gasteiger partial charge on any atom is 0.306 e. The van der Waals surface area contributed by atoms with Crippen LogP contribution in [0.25, 0.3) is 10.9 Å². The summed E-state index contributed by atoms with van der Waals surface area (Å²) in [6.07, 6.45) is 2.92. The zero-order valence-electron chi connectivity index (χ0n) is 23.5. The lowest BCUT2D eigenvalue weighted by Crippen LogP contribution is -2.40. The van der Waals surface area contributed by atoms with Gasteiger partial charge in [-0.25, -0.2) is 8.42 Å². The molecule has 3 aromatic carbocycles. The van der Waals surface area contributed by atoms with Crippen LogP contribution >= 0.6 is 0 Å². The number of carboxylic acids is 1. The number of carbonyl (C=O) groups excluding carboxylic acids is 1. The van der Waals surface area contributed by atoms with Gasteiger partial charge in [-0.2, -0.15) is 0 Å². The number of hydrogen-bond acceptors (Lipinski definition) is 4. The van der Waals surface area contributed by atoms with Crippen molar-refractivity contribution in [3.05, 3.63) is 95.7 Å². The van der Waals surface area contributed by atoms with Gasteiger partial charge in [-0.05, 0) is 77.9 Å². The fourth-order valence-electron chi connectivity index (χ4n) is 5.21. The number of fused-ring (bicyclic) bond motifs is 1. The van der Waals surface area contributed by atoms with Crippen LogP contribution in [0.5, 0.6) is 0 Å². The summed E-state index contributed by atoms with van der Waals surface area (Å²) in [4.78, 5) is 26.0. The number of nitrogens with one attached hydrogen (secondary N) is 1. The number of carboxylic acid groups (broad SMARTS) is 1. The number of aliphatic carboxylic acids is 1. The number of likely N-dealkylation sites (tertiary alicyclic amines) is 1. The Morgan fingerprint density at radius 1 is 0.927 bits per heavy atom. The Bertz CT molecular complexity index is 1680. The van der Waals surface area contributed by atoms with E-state index >= 15 is 0 Å². The molecule has 2 heterocycles. The van der Waals surface area contributed by atoms with Crippen molar-refractivity contribution in [3.63, 3.8) is 0 Å². The van der Waals surface area contributed by atoms with Gasteiger partial charge in [-0.3, -0.25) is 14.3 Å². The zero-order valence-corrected chi connectivity index (χ0v) is 24.3. The molecule has 41 heavy (non-hydrogen) atoms. The van der Waals surface area contributed by atoms with Gasteiger partial charge in [0.2, 0.25) is 0 Å². The molecule has 8 nitrogen and oxygen atoms in total. The smallest absolute Gasteiger partial charge is 0.306 e. The third kappa shape index (κ3) is 6.30. The van der Waals surface area contributed by atoms with Gasteiger partial charge in [0.1, 0.15) is 0 Å². The van der Waals surface area contributed by atoms with Gasteiger partial charge < -0.3 is 14.6 Å². The van der Waals surface area contributed by atoms with Crippen molar-refractivity contribution in [3.8, 4) is 0 Å². The van der Waals surface area contributed by atoms with Gasteiger partial charge >= 0.3 is 5.97 Å². The number of carbonyl (C=O) groups is 2. The van der Waals surface area contributed by atoms with Crippen LogP contribution in [0, 0.1) is 5.92 Å². The van der Waals surface area contributed by atoms with Crippen molar-refractivity contribution >= 4 is 38.5 Å². The number of nitrogens with zero attached hydrogens (tertiary/aromatic N) is 2. The van der Waals surface area contributed by atoms with E-state index in [0.29, 0.717) is 43.7 Å². The van der Waals surface area contributed by atoms with E-state index in [1.807, 2.05) is 60.8 Å². The summed E-state index contributed by atoms with van der Waals surface area (Å²) in [5.74, 6) is -1.25. The van der Waals surface area contributed by atoms with Crippen LogP contribution in [-0.2, 0) is 26.8 Å². The minimum atomic E-state index is -3.73. The van der Waals surface area contributed by atoms with Crippen molar-refractivity contribution in [2.24, 2.45) is 5.92 Å². The highest BCUT2D eigenvalue weighted by molar-refractivity contribution is 7.92. The number of piperidine rings is 1. The van der Waals surface area contributed by atoms with Crippen LogP contribution in [0.2, 0.25) is 0 Å². The second-order valence-corrected chi connectivity index (χ2v) is 13.4. The quantitative estimate of drug-likeness (QED) is 0.294. The molecule has 9 heteroatoms. The standard InChI is InChI=1S/C32H35N3O5S/c1-32(2,3)26-8-11-28(12-9-26)41(39,40)33-27-10-13-29-25(20-27)16-19-35(29)21-22-4-6-23(7-5-22)30(36)34-17-14-24(15-18-34)31(37)38/h4-13,16,19-20,24,33H,14-15,17-18,21H2,1-3H3,(H,37,38). The van der Waals surface area contributed by atoms with Crippen LogP contribution in [0.1, 0.15) is 55.1 Å². The number of amides is 1. The first-order valence-corrected chi connectivity index (χ1v) is 15.2. The van der Waals surface area contributed by atoms with Crippen LogP contribution < -0.4 is 4.72 Å². The summed E-state index contributed by atoms with van der Waals surface area (Å²) in [7, 11) is -3.73. The average molecular weight is 574 g/mol. The van der Waals surface area contributed by atoms with Crippen LogP contribution in [0.15, 0.2) is 83.9 Å². The van der Waals surface area contributed by atoms with Gasteiger partial charge in [-0.1, -0.05) is 45.0 Å². The maximum absolute atomic E-state index is 13.0. The Balaban J connectivity index is 1.24. The topological polar surface area (TPSA) is 109 Å². The molecule has 1 amide bonds. The third-order valence-electron chi connectivity index (χ3n) is 7.74. The summed E-state index contributed by atoms with van der Waals surface area (Å²) in [5, 5.41) is 10.1. The molecular weight excluding hydrogens is 538 g/mol. The number of rotatable bonds is 7. The monoisotopic (exact) mass is 573 g/mol. The molecule has 0 atom stereocenters. The Morgan fingerprint density at radius 2 is 1.59 bits per heavy atom. The van der Waals surface area contributed by atoms with E-state index in [1.165, 1.54) is 0 Å². The van der Waals surface area contributed by atoms with Crippen molar-refractivity contribution in [1.82, 2.24) is 9.47 Å². The van der Waals surface area contributed by atoms with Crippen molar-refractivity contribution in [2.75, 3.05) is 17.8 Å². The van der Waals surface area contributed by atoms with E-state index in [9.17, 15) is 23.1 Å². The first-order chi connectivity index (χ1) is 19.4. The average Bonchev–Trinajstić information content (AvgIpc) is 3.34. The minimum Gasteiger partial charge on any atom is -0.481 e. The molecule has 5 rings (SSSR count). The number of benzene rings is 3. The number of aromatic nitrogens is 1. The molecule has 0 saturated carbocycles. The fraction of sp³-hybridized carbons (Fsp3) is 0.312. The molecule has 1 aliphatic heterocycles. The predicted molar refractivity (Wildman–Crippen MR) is 160 cm³/mol. The maximum atomic E-state index is 13.0. The van der Waals surface area contributed by atoms with E-state index in [0.717, 1.165) is 22.0 Å². The number of sulfonamides is 1. The zero-order chi connectivity index (χ0) is 29.4. The number of hydrogen-bond donors (Lipinski definition) is 2. The van der Waals surface area contributed by atoms with E-state index in [-0.39, 0.29) is 22.1 Å². The van der Waals surface area contributed by atoms with Crippen molar-refractivity contribution < 1.29 is 23.1 Å². The lowest BCUT2D eigenvalue weighted by molar-refractivity contribution is -0.143. The summed E-state index contributed by atoms with van der Waals surface area (Å²) < 4.78 is 30.8. The third-order valence-corrected chi connectivity index (χ3v) is 9.14. The highest BCUT2D eigenvalue weighted by Crippen LogP contribution is 2.27. The van der Waals surface area contributed by atoms with Crippen LogP contribution in [-0.4, -0.2) is 48.0 Å². The summed E-state index contributed by atoms with van der Waals surface area (Å²) >= 11 is 0. The molecule has 2 N–H and O–H groups in total.